The lowest BCUT2D eigenvalue weighted by Crippen LogP contribution is -2.34. The van der Waals surface area contributed by atoms with Crippen LogP contribution in [0, 0.1) is 6.92 Å². The number of halogens is 2. The van der Waals surface area contributed by atoms with Crippen molar-refractivity contribution >= 4 is 55.8 Å². The first-order valence-electron chi connectivity index (χ1n) is 9.29. The molecule has 0 atom stereocenters. The fourth-order valence-electron chi connectivity index (χ4n) is 3.04. The topological polar surface area (TPSA) is 42.4 Å². The van der Waals surface area contributed by atoms with E-state index in [1.165, 1.54) is 11.3 Å². The maximum Gasteiger partial charge on any atom is 0.267 e. The zero-order valence-corrected chi connectivity index (χ0v) is 18.5. The number of carbonyl (C=O) groups is 1. The Bertz CT molecular complexity index is 1180. The van der Waals surface area contributed by atoms with Gasteiger partial charge in [0.15, 0.2) is 11.7 Å². The van der Waals surface area contributed by atoms with Gasteiger partial charge in [-0.1, -0.05) is 64.9 Å². The van der Waals surface area contributed by atoms with Gasteiger partial charge in [-0.25, -0.2) is 4.98 Å². The molecule has 1 aromatic heterocycles. The molecule has 0 aliphatic heterocycles. The van der Waals surface area contributed by atoms with Gasteiger partial charge in [-0.05, 0) is 54.4 Å². The summed E-state index contributed by atoms with van der Waals surface area (Å²) < 4.78 is 6.63. The number of anilines is 1. The molecule has 7 heteroatoms. The first-order valence-corrected chi connectivity index (χ1v) is 10.9. The van der Waals surface area contributed by atoms with Crippen LogP contribution in [0.1, 0.15) is 11.1 Å². The summed E-state index contributed by atoms with van der Waals surface area (Å²) in [7, 11) is 0. The minimum absolute atomic E-state index is 0.107. The molecule has 0 N–H and O–H groups in total. The van der Waals surface area contributed by atoms with Gasteiger partial charge >= 0.3 is 0 Å². The minimum Gasteiger partial charge on any atom is -0.484 e. The molecule has 3 aromatic carbocycles. The smallest absolute Gasteiger partial charge is 0.267 e. The Morgan fingerprint density at radius 2 is 1.77 bits per heavy atom. The van der Waals surface area contributed by atoms with Crippen LogP contribution in [0.5, 0.6) is 5.75 Å². The van der Waals surface area contributed by atoms with Gasteiger partial charge in [0.1, 0.15) is 5.75 Å². The molecule has 0 aliphatic carbocycles. The molecule has 0 spiro atoms. The van der Waals surface area contributed by atoms with Gasteiger partial charge in [-0.3, -0.25) is 9.69 Å². The van der Waals surface area contributed by atoms with E-state index in [0.29, 0.717) is 27.5 Å². The van der Waals surface area contributed by atoms with Crippen molar-refractivity contribution in [1.29, 1.82) is 0 Å². The normalized spacial score (nSPS) is 10.9. The fourth-order valence-corrected chi connectivity index (χ4v) is 4.60. The van der Waals surface area contributed by atoms with E-state index >= 15 is 0 Å². The number of amides is 1. The van der Waals surface area contributed by atoms with Crippen molar-refractivity contribution in [1.82, 2.24) is 4.98 Å². The maximum atomic E-state index is 13.1. The van der Waals surface area contributed by atoms with Crippen molar-refractivity contribution in [3.05, 3.63) is 87.9 Å². The zero-order valence-electron chi connectivity index (χ0n) is 16.1. The van der Waals surface area contributed by atoms with E-state index in [4.69, 9.17) is 32.9 Å². The number of hydrogen-bond acceptors (Lipinski definition) is 4. The van der Waals surface area contributed by atoms with Gasteiger partial charge in [0.05, 0.1) is 16.8 Å². The highest BCUT2D eigenvalue weighted by Gasteiger charge is 2.21. The Labute approximate surface area is 188 Å². The lowest BCUT2D eigenvalue weighted by Gasteiger charge is -2.20. The van der Waals surface area contributed by atoms with E-state index in [2.05, 4.69) is 0 Å². The molecule has 1 amide bonds. The summed E-state index contributed by atoms with van der Waals surface area (Å²) in [5.74, 6) is 0.399. The molecular formula is C23H18Cl2N2O2S. The van der Waals surface area contributed by atoms with E-state index in [-0.39, 0.29) is 12.5 Å². The third-order valence-corrected chi connectivity index (χ3v) is 6.03. The van der Waals surface area contributed by atoms with Crippen molar-refractivity contribution in [3.8, 4) is 5.75 Å². The van der Waals surface area contributed by atoms with Crippen LogP contribution >= 0.6 is 34.5 Å². The summed E-state index contributed by atoms with van der Waals surface area (Å²) in [4.78, 5) is 19.5. The average Bonchev–Trinajstić information content (AvgIpc) is 3.16. The molecule has 0 saturated carbocycles. The lowest BCUT2D eigenvalue weighted by atomic mass is 10.2. The summed E-state index contributed by atoms with van der Waals surface area (Å²) in [5, 5.41) is 1.88. The van der Waals surface area contributed by atoms with Crippen LogP contribution in [0.2, 0.25) is 10.0 Å². The molecule has 1 heterocycles. The van der Waals surface area contributed by atoms with Gasteiger partial charge in [0.25, 0.3) is 5.91 Å². The highest BCUT2D eigenvalue weighted by molar-refractivity contribution is 7.22. The number of fused-ring (bicyclic) bond motifs is 1. The molecule has 0 radical (unpaired) electrons. The standard InChI is InChI=1S/C23H18Cl2N2O2S/c1-15-11-18(25)12-20-22(15)26-23(30-20)27(13-16-5-3-2-4-6-16)21(28)14-29-19-9-7-17(24)8-10-19/h2-12H,13-14H2,1H3. The second-order valence-electron chi connectivity index (χ2n) is 6.77. The molecule has 0 aliphatic rings. The second-order valence-corrected chi connectivity index (χ2v) is 8.66. The third-order valence-electron chi connectivity index (χ3n) is 4.53. The van der Waals surface area contributed by atoms with Crippen LogP contribution in [0.25, 0.3) is 10.2 Å². The summed E-state index contributed by atoms with van der Waals surface area (Å²) in [6.07, 6.45) is 0. The predicted octanol–water partition coefficient (Wildman–Crippen LogP) is 6.52. The molecule has 30 heavy (non-hydrogen) atoms. The van der Waals surface area contributed by atoms with Gasteiger partial charge in [0, 0.05) is 10.0 Å². The molecule has 152 valence electrons. The van der Waals surface area contributed by atoms with Crippen LogP contribution in [0.15, 0.2) is 66.7 Å². The Hall–Kier alpha value is -2.60. The van der Waals surface area contributed by atoms with Crippen LogP contribution < -0.4 is 9.64 Å². The molecule has 4 aromatic rings. The number of nitrogens with zero attached hydrogens (tertiary/aromatic N) is 2. The summed E-state index contributed by atoms with van der Waals surface area (Å²) >= 11 is 13.6. The largest absolute Gasteiger partial charge is 0.484 e. The monoisotopic (exact) mass is 456 g/mol. The SMILES string of the molecule is Cc1cc(Cl)cc2sc(N(Cc3ccccc3)C(=O)COc3ccc(Cl)cc3)nc12. The number of aryl methyl sites for hydroxylation is 1. The van der Waals surface area contributed by atoms with Crippen LogP contribution in [0.4, 0.5) is 5.13 Å². The van der Waals surface area contributed by atoms with Gasteiger partial charge in [-0.2, -0.15) is 0 Å². The highest BCUT2D eigenvalue weighted by atomic mass is 35.5. The third kappa shape index (κ3) is 4.75. The average molecular weight is 457 g/mol. The number of ether oxygens (including phenoxy) is 1. The van der Waals surface area contributed by atoms with Crippen LogP contribution in [-0.2, 0) is 11.3 Å². The Morgan fingerprint density at radius 3 is 2.50 bits per heavy atom. The van der Waals surface area contributed by atoms with Crippen molar-refractivity contribution in [2.24, 2.45) is 0 Å². The number of hydrogen-bond donors (Lipinski definition) is 0. The maximum absolute atomic E-state index is 13.1. The number of rotatable bonds is 6. The number of benzene rings is 3. The molecule has 4 nitrogen and oxygen atoms in total. The van der Waals surface area contributed by atoms with Crippen molar-refractivity contribution < 1.29 is 9.53 Å². The van der Waals surface area contributed by atoms with Gasteiger partial charge in [-0.15, -0.1) is 0 Å². The van der Waals surface area contributed by atoms with Gasteiger partial charge in [0.2, 0.25) is 0 Å². The van der Waals surface area contributed by atoms with E-state index in [9.17, 15) is 4.79 Å². The zero-order chi connectivity index (χ0) is 21.1. The molecule has 0 bridgehead atoms. The molecule has 0 saturated heterocycles. The van der Waals surface area contributed by atoms with Crippen LogP contribution in [-0.4, -0.2) is 17.5 Å². The molecule has 0 unspecified atom stereocenters. The predicted molar refractivity (Wildman–Crippen MR) is 124 cm³/mol. The molecule has 4 rings (SSSR count). The Morgan fingerprint density at radius 1 is 1.03 bits per heavy atom. The van der Waals surface area contributed by atoms with Crippen molar-refractivity contribution in [2.75, 3.05) is 11.5 Å². The Kier molecular flexibility index (Phi) is 6.23. The lowest BCUT2D eigenvalue weighted by molar-refractivity contribution is -0.120. The first-order chi connectivity index (χ1) is 14.5. The Balaban J connectivity index is 1.63. The second kappa shape index (κ2) is 9.04. The van der Waals surface area contributed by atoms with E-state index in [1.54, 1.807) is 29.2 Å². The van der Waals surface area contributed by atoms with E-state index in [0.717, 1.165) is 21.3 Å². The molecular weight excluding hydrogens is 439 g/mol. The summed E-state index contributed by atoms with van der Waals surface area (Å²) in [6.45, 7) is 2.26. The van der Waals surface area contributed by atoms with E-state index < -0.39 is 0 Å². The number of aromatic nitrogens is 1. The summed E-state index contributed by atoms with van der Waals surface area (Å²) in [6, 6.07) is 20.5. The summed E-state index contributed by atoms with van der Waals surface area (Å²) in [5.41, 5.74) is 2.83. The highest BCUT2D eigenvalue weighted by Crippen LogP contribution is 2.33. The van der Waals surface area contributed by atoms with E-state index in [1.807, 2.05) is 49.4 Å². The fraction of sp³-hybridized carbons (Fsp3) is 0.130. The quantitative estimate of drug-likeness (QED) is 0.331. The molecule has 0 fully saturated rings. The number of carbonyl (C=O) groups excluding carboxylic acids is 1. The first kappa shape index (κ1) is 20.7. The van der Waals surface area contributed by atoms with Crippen molar-refractivity contribution in [3.63, 3.8) is 0 Å². The van der Waals surface area contributed by atoms with Crippen molar-refractivity contribution in [2.45, 2.75) is 13.5 Å². The van der Waals surface area contributed by atoms with Crippen LogP contribution in [0.3, 0.4) is 0 Å². The van der Waals surface area contributed by atoms with Gasteiger partial charge < -0.3 is 4.74 Å². The number of thiazole rings is 1. The minimum atomic E-state index is -0.184.